The lowest BCUT2D eigenvalue weighted by atomic mass is 10.1. The molecule has 0 saturated carbocycles. The average molecular weight is 406 g/mol. The molecule has 6 heteroatoms. The lowest BCUT2D eigenvalue weighted by Crippen LogP contribution is -2.23. The van der Waals surface area contributed by atoms with Crippen LogP contribution in [-0.4, -0.2) is 41.2 Å². The largest absolute Gasteiger partial charge is 0.492 e. The number of carbonyl (C=O) groups excluding carboxylic acids is 1. The van der Waals surface area contributed by atoms with Crippen molar-refractivity contribution in [1.29, 1.82) is 0 Å². The summed E-state index contributed by atoms with van der Waals surface area (Å²) in [5, 5.41) is 1.84. The highest BCUT2D eigenvalue weighted by molar-refractivity contribution is 8.18. The second-order valence-electron chi connectivity index (χ2n) is 6.94. The van der Waals surface area contributed by atoms with Gasteiger partial charge in [0.2, 0.25) is 0 Å². The van der Waals surface area contributed by atoms with E-state index in [9.17, 15) is 4.79 Å². The van der Waals surface area contributed by atoms with E-state index in [4.69, 9.17) is 4.74 Å². The number of amides is 1. The summed E-state index contributed by atoms with van der Waals surface area (Å²) >= 11 is 1.41. The van der Waals surface area contributed by atoms with E-state index in [-0.39, 0.29) is 5.91 Å². The molecule has 0 spiro atoms. The van der Waals surface area contributed by atoms with E-state index < -0.39 is 0 Å². The van der Waals surface area contributed by atoms with Crippen LogP contribution in [0.2, 0.25) is 0 Å². The van der Waals surface area contributed by atoms with Gasteiger partial charge in [0.25, 0.3) is 5.91 Å². The first kappa shape index (κ1) is 19.3. The fourth-order valence-corrected chi connectivity index (χ4v) is 4.28. The van der Waals surface area contributed by atoms with E-state index in [1.165, 1.54) is 17.3 Å². The van der Waals surface area contributed by atoms with Gasteiger partial charge in [0.1, 0.15) is 12.4 Å². The van der Waals surface area contributed by atoms with Crippen LogP contribution in [-0.2, 0) is 11.3 Å². The monoisotopic (exact) mass is 405 g/mol. The Morgan fingerprint density at radius 1 is 1.14 bits per heavy atom. The molecule has 0 bridgehead atoms. The predicted molar refractivity (Wildman–Crippen MR) is 120 cm³/mol. The number of amidine groups is 1. The van der Waals surface area contributed by atoms with Gasteiger partial charge in [-0.15, -0.1) is 0 Å². The quantitative estimate of drug-likeness (QED) is 0.585. The molecular formula is C23H23N3O2S. The highest BCUT2D eigenvalue weighted by Gasteiger charge is 2.30. The molecule has 0 N–H and O–H groups in total. The molecule has 1 aromatic heterocycles. The van der Waals surface area contributed by atoms with Crippen molar-refractivity contribution in [2.45, 2.75) is 13.5 Å². The van der Waals surface area contributed by atoms with Crippen molar-refractivity contribution in [3.63, 3.8) is 0 Å². The smallest absolute Gasteiger partial charge is 0.266 e. The number of ether oxygens (including phenoxy) is 1. The summed E-state index contributed by atoms with van der Waals surface area (Å²) in [6, 6.07) is 16.3. The summed E-state index contributed by atoms with van der Waals surface area (Å²) in [7, 11) is 3.46. The Bertz CT molecular complexity index is 1110. The van der Waals surface area contributed by atoms with Gasteiger partial charge in [0.05, 0.1) is 11.4 Å². The van der Waals surface area contributed by atoms with Crippen molar-refractivity contribution < 1.29 is 9.53 Å². The van der Waals surface area contributed by atoms with Crippen LogP contribution in [0.25, 0.3) is 17.0 Å². The van der Waals surface area contributed by atoms with E-state index in [2.05, 4.69) is 34.8 Å². The predicted octanol–water partition coefficient (Wildman–Crippen LogP) is 4.56. The van der Waals surface area contributed by atoms with E-state index in [1.54, 1.807) is 19.0 Å². The zero-order valence-corrected chi connectivity index (χ0v) is 17.6. The third-order valence-corrected chi connectivity index (χ3v) is 6.07. The number of aromatic nitrogens is 1. The minimum atomic E-state index is -0.0184. The van der Waals surface area contributed by atoms with E-state index >= 15 is 0 Å². The first-order valence-electron chi connectivity index (χ1n) is 9.48. The van der Waals surface area contributed by atoms with Crippen molar-refractivity contribution >= 4 is 39.8 Å². The molecule has 0 atom stereocenters. The number of rotatable bonds is 5. The molecule has 1 amide bonds. The van der Waals surface area contributed by atoms with Gasteiger partial charge in [0.15, 0.2) is 5.17 Å². The van der Waals surface area contributed by atoms with Crippen molar-refractivity contribution in [3.8, 4) is 5.75 Å². The fourth-order valence-electron chi connectivity index (χ4n) is 3.36. The summed E-state index contributed by atoms with van der Waals surface area (Å²) in [6.45, 7) is 3.35. The second kappa shape index (κ2) is 8.17. The molecule has 0 aliphatic carbocycles. The number of fused-ring (bicyclic) bond motifs is 1. The lowest BCUT2D eigenvalue weighted by Gasteiger charge is -2.08. The zero-order chi connectivity index (χ0) is 20.4. The third kappa shape index (κ3) is 3.93. The number of benzene rings is 2. The summed E-state index contributed by atoms with van der Waals surface area (Å²) in [5.74, 6) is 0.854. The van der Waals surface area contributed by atoms with Crippen LogP contribution in [0, 0.1) is 6.92 Å². The molecule has 1 saturated heterocycles. The minimum Gasteiger partial charge on any atom is -0.492 e. The van der Waals surface area contributed by atoms with Gasteiger partial charge in [-0.1, -0.05) is 35.9 Å². The Labute approximate surface area is 174 Å². The molecule has 0 radical (unpaired) electrons. The molecule has 5 nitrogen and oxygen atoms in total. The van der Waals surface area contributed by atoms with Crippen molar-refractivity contribution in [3.05, 3.63) is 70.8 Å². The standard InChI is InChI=1S/C23H23N3O2S/c1-16-8-10-18(11-9-16)28-13-12-26-15-17(19-6-4-5-7-20(19)26)14-21-22(27)25(3)23(24-2)29-21/h4-11,14-15H,12-13H2,1-3H3/b21-14+,24-23?. The Morgan fingerprint density at radius 3 is 2.62 bits per heavy atom. The molecule has 0 unspecified atom stereocenters. The molecule has 2 heterocycles. The maximum absolute atomic E-state index is 12.5. The number of thioether (sulfide) groups is 1. The maximum Gasteiger partial charge on any atom is 0.266 e. The first-order valence-corrected chi connectivity index (χ1v) is 10.3. The minimum absolute atomic E-state index is 0.0184. The van der Waals surface area contributed by atoms with Gasteiger partial charge >= 0.3 is 0 Å². The number of likely N-dealkylation sites (N-methyl/N-ethyl adjacent to an activating group) is 1. The van der Waals surface area contributed by atoms with Crippen molar-refractivity contribution in [1.82, 2.24) is 9.47 Å². The summed E-state index contributed by atoms with van der Waals surface area (Å²) in [4.78, 5) is 19.0. The lowest BCUT2D eigenvalue weighted by molar-refractivity contribution is -0.121. The number of hydrogen-bond donors (Lipinski definition) is 0. The molecule has 3 aromatic rings. The Morgan fingerprint density at radius 2 is 1.90 bits per heavy atom. The van der Waals surface area contributed by atoms with Gasteiger partial charge in [-0.3, -0.25) is 14.7 Å². The number of para-hydroxylation sites is 1. The van der Waals surface area contributed by atoms with Gasteiger partial charge in [-0.2, -0.15) is 0 Å². The van der Waals surface area contributed by atoms with Crippen LogP contribution in [0.3, 0.4) is 0 Å². The molecule has 4 rings (SSSR count). The Kier molecular flexibility index (Phi) is 5.45. The second-order valence-corrected chi connectivity index (χ2v) is 7.95. The van der Waals surface area contributed by atoms with E-state index in [0.29, 0.717) is 11.5 Å². The summed E-state index contributed by atoms with van der Waals surface area (Å²) in [5.41, 5.74) is 3.37. The molecular weight excluding hydrogens is 382 g/mol. The maximum atomic E-state index is 12.5. The van der Waals surface area contributed by atoms with Crippen LogP contribution in [0.1, 0.15) is 11.1 Å². The molecule has 1 fully saturated rings. The highest BCUT2D eigenvalue weighted by Crippen LogP contribution is 2.33. The Balaban J connectivity index is 1.58. The van der Waals surface area contributed by atoms with Gasteiger partial charge in [-0.05, 0) is 43.0 Å². The van der Waals surface area contributed by atoms with Crippen molar-refractivity contribution in [2.75, 3.05) is 20.7 Å². The number of hydrogen-bond acceptors (Lipinski definition) is 4. The topological polar surface area (TPSA) is 46.8 Å². The zero-order valence-electron chi connectivity index (χ0n) is 16.8. The SMILES string of the molecule is CN=C1S/C(=C/c2cn(CCOc3ccc(C)cc3)c3ccccc23)C(=O)N1C. The molecule has 1 aliphatic rings. The molecule has 148 valence electrons. The van der Waals surface area contributed by atoms with Crippen LogP contribution in [0.4, 0.5) is 0 Å². The normalized spacial score (nSPS) is 17.1. The van der Waals surface area contributed by atoms with Crippen molar-refractivity contribution in [2.24, 2.45) is 4.99 Å². The number of aliphatic imine (C=N–C) groups is 1. The van der Waals surface area contributed by atoms with Gasteiger partial charge < -0.3 is 9.30 Å². The van der Waals surface area contributed by atoms with E-state index in [1.807, 2.05) is 42.5 Å². The van der Waals surface area contributed by atoms with Crippen LogP contribution in [0.5, 0.6) is 5.75 Å². The molecule has 29 heavy (non-hydrogen) atoms. The average Bonchev–Trinajstić information content (AvgIpc) is 3.22. The van der Waals surface area contributed by atoms with Gasteiger partial charge in [-0.25, -0.2) is 0 Å². The highest BCUT2D eigenvalue weighted by atomic mass is 32.2. The number of carbonyl (C=O) groups is 1. The van der Waals surface area contributed by atoms with Crippen LogP contribution >= 0.6 is 11.8 Å². The summed E-state index contributed by atoms with van der Waals surface area (Å²) < 4.78 is 8.08. The number of aryl methyl sites for hydroxylation is 1. The molecule has 2 aromatic carbocycles. The fraction of sp³-hybridized carbons (Fsp3) is 0.217. The van der Waals surface area contributed by atoms with Crippen LogP contribution in [0.15, 0.2) is 64.6 Å². The molecule has 1 aliphatic heterocycles. The van der Waals surface area contributed by atoms with Crippen LogP contribution < -0.4 is 4.74 Å². The summed E-state index contributed by atoms with van der Waals surface area (Å²) in [6.07, 6.45) is 4.05. The first-order chi connectivity index (χ1) is 14.1. The van der Waals surface area contributed by atoms with Gasteiger partial charge in [0, 0.05) is 36.8 Å². The number of nitrogens with zero attached hydrogens (tertiary/aromatic N) is 3. The Hall–Kier alpha value is -2.99. The van der Waals surface area contributed by atoms with E-state index in [0.717, 1.165) is 33.9 Å². The third-order valence-electron chi connectivity index (χ3n) is 4.92.